The predicted molar refractivity (Wildman–Crippen MR) is 164 cm³/mol. The highest BCUT2D eigenvalue weighted by atomic mass is 35.5. The van der Waals surface area contributed by atoms with Crippen LogP contribution in [0.25, 0.3) is 28.3 Å². The molecule has 0 spiro atoms. The monoisotopic (exact) mass is 606 g/mol. The minimum atomic E-state index is -3.20. The summed E-state index contributed by atoms with van der Waals surface area (Å²) in [6, 6.07) is 22.8. The smallest absolute Gasteiger partial charge is 0.335 e. The van der Waals surface area contributed by atoms with E-state index >= 15 is 0 Å². The van der Waals surface area contributed by atoms with Gasteiger partial charge >= 0.3 is 13.6 Å². The van der Waals surface area contributed by atoms with Gasteiger partial charge in [0.2, 0.25) is 5.91 Å². The van der Waals surface area contributed by atoms with Gasteiger partial charge in [0.05, 0.1) is 30.4 Å². The number of oxazole rings is 1. The lowest BCUT2D eigenvalue weighted by Crippen LogP contribution is -2.11. The average molecular weight is 607 g/mol. The Morgan fingerprint density at radius 1 is 1.00 bits per heavy atom. The summed E-state index contributed by atoms with van der Waals surface area (Å²) in [6.45, 7) is 4.18. The van der Waals surface area contributed by atoms with Crippen LogP contribution in [-0.2, 0) is 31.0 Å². The molecule has 0 radical (unpaired) electrons. The number of benzene rings is 3. The first-order valence-corrected chi connectivity index (χ1v) is 15.9. The molecule has 1 N–H and O–H groups in total. The van der Waals surface area contributed by atoms with Crippen LogP contribution < -0.4 is 5.32 Å². The second kappa shape index (κ2) is 13.5. The maximum atomic E-state index is 12.8. The molecule has 1 amide bonds. The molecule has 2 aromatic heterocycles. The van der Waals surface area contributed by atoms with Gasteiger partial charge in [-0.1, -0.05) is 48.0 Å². The topological polar surface area (TPSA) is 108 Å². The van der Waals surface area contributed by atoms with Crippen molar-refractivity contribution in [2.24, 2.45) is 0 Å². The van der Waals surface area contributed by atoms with Crippen molar-refractivity contribution in [2.75, 3.05) is 18.5 Å². The van der Waals surface area contributed by atoms with Crippen molar-refractivity contribution in [2.45, 2.75) is 39.3 Å². The molecule has 9 nitrogen and oxygen atoms in total. The van der Waals surface area contributed by atoms with Crippen molar-refractivity contribution >= 4 is 41.8 Å². The van der Waals surface area contributed by atoms with Crippen LogP contribution in [0.5, 0.6) is 0 Å². The van der Waals surface area contributed by atoms with Crippen LogP contribution in [0.4, 0.5) is 5.69 Å². The van der Waals surface area contributed by atoms with Crippen molar-refractivity contribution < 1.29 is 22.8 Å². The molecular formula is C31H32ClN4O5P. The summed E-state index contributed by atoms with van der Waals surface area (Å²) in [4.78, 5) is 22.0. The van der Waals surface area contributed by atoms with Crippen LogP contribution in [0.2, 0.25) is 5.02 Å². The number of aryl methyl sites for hydroxylation is 1. The van der Waals surface area contributed by atoms with Gasteiger partial charge < -0.3 is 18.8 Å². The lowest BCUT2D eigenvalue weighted by atomic mass is 10.1. The minimum absolute atomic E-state index is 0.120. The molecule has 0 fully saturated rings. The van der Waals surface area contributed by atoms with Crippen molar-refractivity contribution in [3.8, 4) is 17.3 Å². The SMILES string of the molecule is CCOP(=O)(Cc1ccc(NC(=O)CCCc2oc(-n3cnc4ccccc43)nc2-c2ccc(Cl)cc2)cc1)OCC. The molecule has 0 saturated heterocycles. The first kappa shape index (κ1) is 29.7. The number of imidazole rings is 1. The third-order valence-corrected chi connectivity index (χ3v) is 8.84. The normalized spacial score (nSPS) is 11.7. The fourth-order valence-electron chi connectivity index (χ4n) is 4.63. The number of carbonyl (C=O) groups is 1. The van der Waals surface area contributed by atoms with E-state index in [9.17, 15) is 9.36 Å². The second-order valence-electron chi connectivity index (χ2n) is 9.58. The van der Waals surface area contributed by atoms with E-state index < -0.39 is 7.60 Å². The van der Waals surface area contributed by atoms with Crippen molar-refractivity contribution in [3.63, 3.8) is 0 Å². The van der Waals surface area contributed by atoms with E-state index in [1.54, 1.807) is 32.3 Å². The Morgan fingerprint density at radius 3 is 2.43 bits per heavy atom. The highest BCUT2D eigenvalue weighted by Crippen LogP contribution is 2.51. The predicted octanol–water partition coefficient (Wildman–Crippen LogP) is 8.06. The number of aromatic nitrogens is 3. The summed E-state index contributed by atoms with van der Waals surface area (Å²) in [7, 11) is -3.20. The number of hydrogen-bond donors (Lipinski definition) is 1. The summed E-state index contributed by atoms with van der Waals surface area (Å²) in [5.41, 5.74) is 4.76. The number of carbonyl (C=O) groups excluding carboxylic acids is 1. The Kier molecular flexibility index (Phi) is 9.55. The molecule has 0 unspecified atom stereocenters. The third-order valence-electron chi connectivity index (χ3n) is 6.54. The van der Waals surface area contributed by atoms with Gasteiger partial charge in [-0.2, -0.15) is 4.98 Å². The van der Waals surface area contributed by atoms with Crippen LogP contribution >= 0.6 is 19.2 Å². The zero-order chi connectivity index (χ0) is 29.5. The summed E-state index contributed by atoms with van der Waals surface area (Å²) >= 11 is 6.11. The Balaban J connectivity index is 1.25. The van der Waals surface area contributed by atoms with E-state index in [-0.39, 0.29) is 18.5 Å². The average Bonchev–Trinajstić information content (AvgIpc) is 3.59. The maximum Gasteiger partial charge on any atom is 0.335 e. The fourth-order valence-corrected chi connectivity index (χ4v) is 6.46. The van der Waals surface area contributed by atoms with Gasteiger partial charge in [-0.3, -0.25) is 13.9 Å². The van der Waals surface area contributed by atoms with Gasteiger partial charge in [-0.05, 0) is 62.2 Å². The van der Waals surface area contributed by atoms with E-state index in [0.717, 1.165) is 22.2 Å². The first-order chi connectivity index (χ1) is 20.4. The number of para-hydroxylation sites is 2. The molecule has 0 saturated carbocycles. The molecule has 42 heavy (non-hydrogen) atoms. The van der Waals surface area contributed by atoms with Crippen molar-refractivity contribution in [3.05, 3.63) is 95.5 Å². The van der Waals surface area contributed by atoms with Crippen LogP contribution in [0.3, 0.4) is 0 Å². The van der Waals surface area contributed by atoms with Crippen LogP contribution in [0.1, 0.15) is 38.0 Å². The van der Waals surface area contributed by atoms with E-state index in [1.807, 2.05) is 65.2 Å². The second-order valence-corrected chi connectivity index (χ2v) is 12.1. The number of nitrogens with zero attached hydrogens (tertiary/aromatic N) is 3. The first-order valence-electron chi connectivity index (χ1n) is 13.8. The molecule has 5 rings (SSSR count). The molecule has 0 aliphatic rings. The van der Waals surface area contributed by atoms with Gasteiger partial charge in [0.1, 0.15) is 17.8 Å². The number of nitrogens with one attached hydrogen (secondary N) is 1. The Labute approximate surface area is 249 Å². The molecule has 0 atom stereocenters. The summed E-state index contributed by atoms with van der Waals surface area (Å²) in [5, 5.41) is 3.56. The third kappa shape index (κ3) is 7.17. The van der Waals surface area contributed by atoms with E-state index in [0.29, 0.717) is 54.2 Å². The molecule has 0 aliphatic carbocycles. The van der Waals surface area contributed by atoms with Gasteiger partial charge in [0.15, 0.2) is 0 Å². The molecule has 0 aliphatic heterocycles. The number of rotatable bonds is 13. The molecule has 11 heteroatoms. The van der Waals surface area contributed by atoms with Gasteiger partial charge in [-0.25, -0.2) is 4.98 Å². The molecular weight excluding hydrogens is 575 g/mol. The number of anilines is 1. The van der Waals surface area contributed by atoms with Crippen molar-refractivity contribution in [1.82, 2.24) is 14.5 Å². The zero-order valence-corrected chi connectivity index (χ0v) is 25.1. The highest BCUT2D eigenvalue weighted by molar-refractivity contribution is 7.53. The highest BCUT2D eigenvalue weighted by Gasteiger charge is 2.24. The van der Waals surface area contributed by atoms with E-state index in [4.69, 9.17) is 30.0 Å². The largest absolute Gasteiger partial charge is 0.427 e. The van der Waals surface area contributed by atoms with Gasteiger partial charge in [0, 0.05) is 29.1 Å². The number of hydrogen-bond acceptors (Lipinski definition) is 7. The summed E-state index contributed by atoms with van der Waals surface area (Å²) in [6.07, 6.45) is 3.21. The minimum Gasteiger partial charge on any atom is -0.427 e. The molecule has 2 heterocycles. The number of amides is 1. The van der Waals surface area contributed by atoms with E-state index in [1.165, 1.54) is 0 Å². The number of halogens is 1. The molecule has 3 aromatic carbocycles. The van der Waals surface area contributed by atoms with Crippen molar-refractivity contribution in [1.29, 1.82) is 0 Å². The van der Waals surface area contributed by atoms with Crippen LogP contribution in [0.15, 0.2) is 83.5 Å². The number of fused-ring (bicyclic) bond motifs is 1. The van der Waals surface area contributed by atoms with E-state index in [2.05, 4.69) is 10.3 Å². The van der Waals surface area contributed by atoms with Gasteiger partial charge in [-0.15, -0.1) is 0 Å². The Hall–Kier alpha value is -3.75. The molecule has 0 bridgehead atoms. The maximum absolute atomic E-state index is 12.8. The Bertz CT molecular complexity index is 1690. The zero-order valence-electron chi connectivity index (χ0n) is 23.5. The molecule has 218 valence electrons. The lowest BCUT2D eigenvalue weighted by molar-refractivity contribution is -0.116. The van der Waals surface area contributed by atoms with Gasteiger partial charge in [0.25, 0.3) is 0 Å². The van der Waals surface area contributed by atoms with Crippen LogP contribution in [-0.4, -0.2) is 33.7 Å². The summed E-state index contributed by atoms with van der Waals surface area (Å²) < 4.78 is 31.6. The quantitative estimate of drug-likeness (QED) is 0.135. The standard InChI is InChI=1S/C31H32ClN4O5P/c1-3-39-42(38,40-4-2)20-22-12-18-25(19-13-22)34-29(37)11-7-10-28-30(23-14-16-24(32)17-15-23)35-31(41-28)36-21-33-26-8-5-6-9-27(26)36/h5-6,8-9,12-19,21H,3-4,7,10-11,20H2,1-2H3,(H,34,37). The Morgan fingerprint density at radius 2 is 1.71 bits per heavy atom. The fraction of sp³-hybridized carbons (Fsp3) is 0.258. The molecule has 5 aromatic rings. The lowest BCUT2D eigenvalue weighted by Gasteiger charge is -2.17. The summed E-state index contributed by atoms with van der Waals surface area (Å²) in [5.74, 6) is 0.556. The van der Waals surface area contributed by atoms with Crippen LogP contribution in [0, 0.1) is 0 Å².